The van der Waals surface area contributed by atoms with Crippen molar-refractivity contribution in [2.24, 2.45) is 5.92 Å². The van der Waals surface area contributed by atoms with Gasteiger partial charge in [0.2, 0.25) is 14.9 Å². The maximum absolute atomic E-state index is 12.3. The molecule has 2 atom stereocenters. The molecule has 1 fully saturated rings. The van der Waals surface area contributed by atoms with Crippen molar-refractivity contribution < 1.29 is 17.6 Å². The number of likely N-dealkylation sites (N-methyl/N-ethyl adjacent to an activating group) is 1. The highest BCUT2D eigenvalue weighted by Gasteiger charge is 2.35. The lowest BCUT2D eigenvalue weighted by Gasteiger charge is -2.22. The van der Waals surface area contributed by atoms with Crippen molar-refractivity contribution in [2.45, 2.75) is 18.1 Å². The highest BCUT2D eigenvalue weighted by molar-refractivity contribution is 7.90. The van der Waals surface area contributed by atoms with Crippen molar-refractivity contribution in [3.63, 3.8) is 0 Å². The van der Waals surface area contributed by atoms with Gasteiger partial charge in [-0.05, 0) is 32.1 Å². The van der Waals surface area contributed by atoms with Crippen LogP contribution in [-0.4, -0.2) is 63.6 Å². The summed E-state index contributed by atoms with van der Waals surface area (Å²) >= 11 is 0. The van der Waals surface area contributed by atoms with Gasteiger partial charge in [-0.1, -0.05) is 6.92 Å². The minimum absolute atomic E-state index is 0.0806. The number of hydrogen-bond donors (Lipinski definition) is 0. The van der Waals surface area contributed by atoms with Crippen LogP contribution in [0.15, 0.2) is 21.6 Å². The Bertz CT molecular complexity index is 606. The predicted molar refractivity (Wildman–Crippen MR) is 74.4 cm³/mol. The second kappa shape index (κ2) is 5.21. The number of furan rings is 1. The van der Waals surface area contributed by atoms with E-state index in [0.717, 1.165) is 6.26 Å². The smallest absolute Gasteiger partial charge is 0.289 e. The van der Waals surface area contributed by atoms with Crippen molar-refractivity contribution in [1.82, 2.24) is 9.80 Å². The van der Waals surface area contributed by atoms with Gasteiger partial charge in [-0.3, -0.25) is 4.79 Å². The molecule has 112 valence electrons. The molecule has 0 spiro atoms. The Morgan fingerprint density at radius 2 is 2.00 bits per heavy atom. The van der Waals surface area contributed by atoms with E-state index in [4.69, 9.17) is 4.42 Å². The lowest BCUT2D eigenvalue weighted by Crippen LogP contribution is -2.35. The molecule has 0 N–H and O–H groups in total. The molecule has 0 aliphatic carbocycles. The van der Waals surface area contributed by atoms with Gasteiger partial charge in [0.25, 0.3) is 5.91 Å². The van der Waals surface area contributed by atoms with E-state index in [2.05, 4.69) is 11.8 Å². The van der Waals surface area contributed by atoms with Crippen LogP contribution in [-0.2, 0) is 9.84 Å². The number of sulfone groups is 1. The van der Waals surface area contributed by atoms with E-state index in [-0.39, 0.29) is 16.8 Å². The summed E-state index contributed by atoms with van der Waals surface area (Å²) in [5.74, 6) is 0.200. The average Bonchev–Trinajstić information content (AvgIpc) is 2.93. The van der Waals surface area contributed by atoms with E-state index in [0.29, 0.717) is 25.0 Å². The lowest BCUT2D eigenvalue weighted by atomic mass is 10.1. The van der Waals surface area contributed by atoms with Crippen molar-refractivity contribution in [3.05, 3.63) is 17.9 Å². The normalized spacial score (nSPS) is 23.6. The first-order valence-corrected chi connectivity index (χ1v) is 8.35. The topological polar surface area (TPSA) is 70.8 Å². The molecule has 2 rings (SSSR count). The summed E-state index contributed by atoms with van der Waals surface area (Å²) < 4.78 is 27.9. The molecule has 1 aromatic heterocycles. The van der Waals surface area contributed by atoms with E-state index in [9.17, 15) is 13.2 Å². The van der Waals surface area contributed by atoms with E-state index < -0.39 is 9.84 Å². The van der Waals surface area contributed by atoms with Crippen LogP contribution < -0.4 is 0 Å². The van der Waals surface area contributed by atoms with Crippen LogP contribution in [0.2, 0.25) is 0 Å². The van der Waals surface area contributed by atoms with Crippen LogP contribution in [0.4, 0.5) is 0 Å². The molecule has 1 aromatic rings. The summed E-state index contributed by atoms with van der Waals surface area (Å²) in [4.78, 5) is 16.1. The maximum Gasteiger partial charge on any atom is 0.289 e. The summed E-state index contributed by atoms with van der Waals surface area (Å²) in [5, 5.41) is -0.169. The molecular weight excluding hydrogens is 280 g/mol. The second-order valence-corrected chi connectivity index (χ2v) is 7.56. The Morgan fingerprint density at radius 3 is 2.45 bits per heavy atom. The summed E-state index contributed by atoms with van der Waals surface area (Å²) in [5.41, 5.74) is 0. The van der Waals surface area contributed by atoms with E-state index in [1.165, 1.54) is 12.1 Å². The molecule has 1 amide bonds. The van der Waals surface area contributed by atoms with Gasteiger partial charge in [0.1, 0.15) is 0 Å². The number of carbonyl (C=O) groups is 1. The van der Waals surface area contributed by atoms with Crippen molar-refractivity contribution in [2.75, 3.05) is 33.4 Å². The fourth-order valence-corrected chi connectivity index (χ4v) is 3.13. The Labute approximate surface area is 119 Å². The Kier molecular flexibility index (Phi) is 3.93. The number of likely N-dealkylation sites (tertiary alicyclic amines) is 1. The zero-order valence-corrected chi connectivity index (χ0v) is 13.0. The number of rotatable bonds is 3. The fourth-order valence-electron chi connectivity index (χ4n) is 2.58. The van der Waals surface area contributed by atoms with Gasteiger partial charge in [0.15, 0.2) is 5.76 Å². The van der Waals surface area contributed by atoms with Crippen molar-refractivity contribution in [1.29, 1.82) is 0 Å². The molecule has 0 radical (unpaired) electrons. The maximum atomic E-state index is 12.3. The SMILES string of the molecule is C[C@H]1CN(C(=O)c2ccc(S(C)(=O)=O)o2)C[C@H]1N(C)C. The third-order valence-electron chi connectivity index (χ3n) is 3.68. The van der Waals surface area contributed by atoms with E-state index >= 15 is 0 Å². The molecule has 1 saturated heterocycles. The van der Waals surface area contributed by atoms with Gasteiger partial charge < -0.3 is 14.2 Å². The molecule has 6 nitrogen and oxygen atoms in total. The Balaban J connectivity index is 2.15. The molecule has 0 saturated carbocycles. The van der Waals surface area contributed by atoms with Crippen molar-refractivity contribution in [3.8, 4) is 0 Å². The zero-order chi connectivity index (χ0) is 15.1. The Morgan fingerprint density at radius 1 is 1.35 bits per heavy atom. The van der Waals surface area contributed by atoms with Gasteiger partial charge in [0.05, 0.1) is 0 Å². The molecule has 7 heteroatoms. The third kappa shape index (κ3) is 2.88. The highest BCUT2D eigenvalue weighted by atomic mass is 32.2. The van der Waals surface area contributed by atoms with Crippen LogP contribution in [0, 0.1) is 5.92 Å². The van der Waals surface area contributed by atoms with Crippen LogP contribution in [0.3, 0.4) is 0 Å². The first-order valence-electron chi connectivity index (χ1n) is 6.45. The summed E-state index contributed by atoms with van der Waals surface area (Å²) in [6.07, 6.45) is 1.06. The molecule has 2 heterocycles. The van der Waals surface area contributed by atoms with Gasteiger partial charge >= 0.3 is 0 Å². The number of nitrogens with zero attached hydrogens (tertiary/aromatic N) is 2. The number of hydrogen-bond acceptors (Lipinski definition) is 5. The van der Waals surface area contributed by atoms with E-state index in [1.807, 2.05) is 14.1 Å². The minimum atomic E-state index is -3.42. The highest BCUT2D eigenvalue weighted by Crippen LogP contribution is 2.23. The van der Waals surface area contributed by atoms with E-state index in [1.54, 1.807) is 4.90 Å². The second-order valence-electron chi connectivity index (χ2n) is 5.61. The van der Waals surface area contributed by atoms with Gasteiger partial charge in [-0.25, -0.2) is 8.42 Å². The third-order valence-corrected chi connectivity index (χ3v) is 4.63. The zero-order valence-electron chi connectivity index (χ0n) is 12.2. The largest absolute Gasteiger partial charge is 0.440 e. The minimum Gasteiger partial charge on any atom is -0.440 e. The number of carbonyl (C=O) groups excluding carboxylic acids is 1. The van der Waals surface area contributed by atoms with Gasteiger partial charge in [-0.15, -0.1) is 0 Å². The van der Waals surface area contributed by atoms with Crippen LogP contribution in [0.1, 0.15) is 17.5 Å². The molecule has 0 aromatic carbocycles. The summed E-state index contributed by atoms with van der Waals surface area (Å²) in [6, 6.07) is 3.06. The van der Waals surface area contributed by atoms with Crippen molar-refractivity contribution >= 4 is 15.7 Å². The molecule has 0 unspecified atom stereocenters. The lowest BCUT2D eigenvalue weighted by molar-refractivity contribution is 0.0744. The van der Waals surface area contributed by atoms with Gasteiger partial charge in [-0.2, -0.15) is 0 Å². The Hall–Kier alpha value is -1.34. The monoisotopic (exact) mass is 300 g/mol. The average molecular weight is 300 g/mol. The molecule has 1 aliphatic rings. The summed E-state index contributed by atoms with van der Waals surface area (Å²) in [6.45, 7) is 3.38. The molecule has 20 heavy (non-hydrogen) atoms. The molecule has 1 aliphatic heterocycles. The summed E-state index contributed by atoms with van der Waals surface area (Å²) in [7, 11) is 0.560. The van der Waals surface area contributed by atoms with Gasteiger partial charge in [0, 0.05) is 25.4 Å². The van der Waals surface area contributed by atoms with Crippen LogP contribution in [0.25, 0.3) is 0 Å². The van der Waals surface area contributed by atoms with Crippen LogP contribution >= 0.6 is 0 Å². The molecule has 0 bridgehead atoms. The first-order chi connectivity index (χ1) is 9.20. The standard InChI is InChI=1S/C13H20N2O4S/c1-9-7-15(8-10(9)14(2)3)13(16)11-5-6-12(19-11)20(4,17)18/h5-6,9-10H,7-8H2,1-4H3/t9-,10+/m0/s1. The fraction of sp³-hybridized carbons (Fsp3) is 0.615. The first kappa shape index (κ1) is 15.1. The predicted octanol–water partition coefficient (Wildman–Crippen LogP) is 0.705. The molecular formula is C13H20N2O4S. The quantitative estimate of drug-likeness (QED) is 0.822. The van der Waals surface area contributed by atoms with Crippen LogP contribution in [0.5, 0.6) is 0 Å². The number of amides is 1.